The molecule has 0 unspecified atom stereocenters. The van der Waals surface area contributed by atoms with Crippen LogP contribution in [-0.2, 0) is 0 Å². The van der Waals surface area contributed by atoms with E-state index in [9.17, 15) is 0 Å². The van der Waals surface area contributed by atoms with Crippen LogP contribution in [0, 0.1) is 0 Å². The van der Waals surface area contributed by atoms with E-state index in [1.54, 1.807) is 0 Å². The predicted octanol–water partition coefficient (Wildman–Crippen LogP) is 10.0. The summed E-state index contributed by atoms with van der Waals surface area (Å²) in [6.45, 7) is 10.7. The molecule has 2 aliphatic heterocycles. The van der Waals surface area contributed by atoms with E-state index in [0.29, 0.717) is 72.3 Å². The molecule has 0 aliphatic carbocycles. The van der Waals surface area contributed by atoms with Crippen LogP contribution in [0.2, 0.25) is 0 Å². The molecule has 4 aromatic carbocycles. The molecule has 0 atom stereocenters. The van der Waals surface area contributed by atoms with Crippen molar-refractivity contribution >= 4 is 44.1 Å². The minimum Gasteiger partial charge on any atom is -0.494 e. The topological polar surface area (TPSA) is 146 Å². The number of fused-ring (bicyclic) bond motifs is 20. The van der Waals surface area contributed by atoms with Crippen molar-refractivity contribution in [3.8, 4) is 68.5 Å². The van der Waals surface area contributed by atoms with Crippen LogP contribution < -0.4 is 18.9 Å². The molecule has 0 fully saturated rings. The number of nitrogens with one attached hydrogen (secondary N) is 2. The van der Waals surface area contributed by atoms with Crippen molar-refractivity contribution in [3.63, 3.8) is 0 Å². The third-order valence-electron chi connectivity index (χ3n) is 9.61. The second-order valence-electron chi connectivity index (χ2n) is 13.8. The highest BCUT2D eigenvalue weighted by Crippen LogP contribution is 2.40. The number of H-pyrrole nitrogens is 2. The summed E-state index contributed by atoms with van der Waals surface area (Å²) < 4.78 is 24.3. The van der Waals surface area contributed by atoms with Gasteiger partial charge in [0, 0.05) is 43.8 Å². The van der Waals surface area contributed by atoms with E-state index in [-0.39, 0.29) is 0 Å². The number of hydrogen-bond donors (Lipinski definition) is 2. The van der Waals surface area contributed by atoms with Gasteiger partial charge in [0.05, 0.1) is 26.4 Å². The van der Waals surface area contributed by atoms with Crippen molar-refractivity contribution in [3.05, 3.63) is 72.8 Å². The number of ether oxygens (including phenoxy) is 4. The molecule has 8 bridgehead atoms. The molecule has 0 amide bonds. The van der Waals surface area contributed by atoms with Gasteiger partial charge in [-0.15, -0.1) is 0 Å². The summed E-state index contributed by atoms with van der Waals surface area (Å²) in [5.41, 5.74) is 5.66. The molecule has 12 heteroatoms. The Morgan fingerprint density at radius 1 is 0.357 bits per heavy atom. The fraction of sp³-hybridized carbons (Fsp3) is 0.273. The Morgan fingerprint density at radius 2 is 0.679 bits per heavy atom. The van der Waals surface area contributed by atoms with E-state index in [1.165, 1.54) is 0 Å². The first-order valence-corrected chi connectivity index (χ1v) is 19.4. The molecular weight excluding hydrogens is 705 g/mol. The standard InChI is InChI=1S/C44H42N8O4/c1-5-17-53-25-9-13-29-33(21-25)41-45-37(29)50-42-35-23-27(55-19-7-3)11-15-31(35)39(47-42)52-44-36-24-28(56-20-8-4)12-16-32(36)40(48-44)51-43-34-22-26(54-18-6-2)10-14-30(34)38(46-43)49-41/h9-16,21-24H,5-8,17-20H2,1-4H3,(H2,45,46,47,48,49,50,51,52). The first kappa shape index (κ1) is 35.2. The molecule has 0 spiro atoms. The Kier molecular flexibility index (Phi) is 9.38. The van der Waals surface area contributed by atoms with Crippen LogP contribution in [0.1, 0.15) is 53.4 Å². The molecular formula is C44H42N8O4. The van der Waals surface area contributed by atoms with Gasteiger partial charge in [-0.25, -0.2) is 29.9 Å². The Bertz CT molecular complexity index is 2600. The van der Waals surface area contributed by atoms with Gasteiger partial charge in [-0.2, -0.15) is 0 Å². The van der Waals surface area contributed by atoms with Crippen LogP contribution in [0.15, 0.2) is 72.8 Å². The van der Waals surface area contributed by atoms with E-state index in [2.05, 4.69) is 37.7 Å². The maximum Gasteiger partial charge on any atom is 0.164 e. The van der Waals surface area contributed by atoms with E-state index >= 15 is 0 Å². The number of benzene rings is 4. The normalized spacial score (nSPS) is 11.8. The average Bonchev–Trinajstić information content (AvgIpc) is 3.95. The van der Waals surface area contributed by atoms with E-state index in [0.717, 1.165) is 92.5 Å². The molecule has 5 heterocycles. The second kappa shape index (κ2) is 14.9. The Hall–Kier alpha value is -6.56. The lowest BCUT2D eigenvalue weighted by molar-refractivity contribution is 0.317. The number of nitrogens with zero attached hydrogens (tertiary/aromatic N) is 6. The van der Waals surface area contributed by atoms with Crippen molar-refractivity contribution < 1.29 is 18.9 Å². The third kappa shape index (κ3) is 6.50. The summed E-state index contributed by atoms with van der Waals surface area (Å²) >= 11 is 0. The minimum atomic E-state index is 0.500. The van der Waals surface area contributed by atoms with Crippen molar-refractivity contribution in [2.45, 2.75) is 53.4 Å². The highest BCUT2D eigenvalue weighted by Gasteiger charge is 2.24. The Morgan fingerprint density at radius 3 is 1.05 bits per heavy atom. The molecule has 9 rings (SSSR count). The fourth-order valence-corrected chi connectivity index (χ4v) is 6.95. The first-order valence-electron chi connectivity index (χ1n) is 19.4. The Labute approximate surface area is 323 Å². The number of aromatic nitrogens is 8. The van der Waals surface area contributed by atoms with Crippen LogP contribution in [0.4, 0.5) is 0 Å². The van der Waals surface area contributed by atoms with Crippen molar-refractivity contribution in [2.75, 3.05) is 26.4 Å². The Balaban J connectivity index is 1.39. The molecule has 3 aromatic heterocycles. The van der Waals surface area contributed by atoms with Crippen LogP contribution in [0.3, 0.4) is 0 Å². The van der Waals surface area contributed by atoms with Crippen molar-refractivity contribution in [2.24, 2.45) is 0 Å². The van der Waals surface area contributed by atoms with Crippen LogP contribution in [0.25, 0.3) is 89.7 Å². The fourth-order valence-electron chi connectivity index (χ4n) is 6.95. The molecule has 2 N–H and O–H groups in total. The third-order valence-corrected chi connectivity index (χ3v) is 9.61. The maximum absolute atomic E-state index is 6.07. The summed E-state index contributed by atoms with van der Waals surface area (Å²) in [7, 11) is 0. The SMILES string of the molecule is CCCOc1ccc2c(c1)-c1nc-2nc2[nH]c(nc3nc(nc4[nH]c(n1)c1ccc(OCCC)cc41)-c1ccc(OCCC)cc1-3)c1ccc(OCCC)cc21. The molecule has 56 heavy (non-hydrogen) atoms. The molecule has 7 aromatic rings. The van der Waals surface area contributed by atoms with Crippen LogP contribution >= 0.6 is 0 Å². The summed E-state index contributed by atoms with van der Waals surface area (Å²) in [6, 6.07) is 23.8. The summed E-state index contributed by atoms with van der Waals surface area (Å²) in [4.78, 5) is 37.9. The molecule has 2 aliphatic rings. The molecule has 0 saturated heterocycles. The summed E-state index contributed by atoms with van der Waals surface area (Å²) in [5, 5.41) is 3.40. The predicted molar refractivity (Wildman–Crippen MR) is 219 cm³/mol. The van der Waals surface area contributed by atoms with Gasteiger partial charge >= 0.3 is 0 Å². The molecule has 0 radical (unpaired) electrons. The summed E-state index contributed by atoms with van der Waals surface area (Å²) in [6.07, 6.45) is 3.56. The van der Waals surface area contributed by atoms with Crippen LogP contribution in [-0.4, -0.2) is 66.3 Å². The molecule has 282 valence electrons. The van der Waals surface area contributed by atoms with Crippen molar-refractivity contribution in [1.82, 2.24) is 39.9 Å². The monoisotopic (exact) mass is 746 g/mol. The largest absolute Gasteiger partial charge is 0.494 e. The van der Waals surface area contributed by atoms with Gasteiger partial charge in [0.25, 0.3) is 0 Å². The van der Waals surface area contributed by atoms with E-state index in [4.69, 9.17) is 48.9 Å². The van der Waals surface area contributed by atoms with E-state index in [1.807, 2.05) is 72.8 Å². The van der Waals surface area contributed by atoms with Gasteiger partial charge in [0.15, 0.2) is 23.3 Å². The lowest BCUT2D eigenvalue weighted by Gasteiger charge is -2.06. The lowest BCUT2D eigenvalue weighted by Crippen LogP contribution is -1.95. The van der Waals surface area contributed by atoms with Gasteiger partial charge < -0.3 is 28.9 Å². The first-order chi connectivity index (χ1) is 27.5. The molecule has 12 nitrogen and oxygen atoms in total. The quantitative estimate of drug-likeness (QED) is 0.124. The van der Waals surface area contributed by atoms with Crippen molar-refractivity contribution in [1.29, 1.82) is 0 Å². The summed E-state index contributed by atoms with van der Waals surface area (Å²) in [5.74, 6) is 4.99. The zero-order valence-electron chi connectivity index (χ0n) is 31.9. The van der Waals surface area contributed by atoms with Gasteiger partial charge in [-0.3, -0.25) is 0 Å². The highest BCUT2D eigenvalue weighted by molar-refractivity contribution is 6.07. The number of rotatable bonds is 12. The van der Waals surface area contributed by atoms with Gasteiger partial charge in [-0.05, 0) is 98.5 Å². The average molecular weight is 747 g/mol. The lowest BCUT2D eigenvalue weighted by atomic mass is 10.1. The van der Waals surface area contributed by atoms with Gasteiger partial charge in [-0.1, -0.05) is 27.7 Å². The van der Waals surface area contributed by atoms with Gasteiger partial charge in [0.2, 0.25) is 0 Å². The van der Waals surface area contributed by atoms with Crippen LogP contribution in [0.5, 0.6) is 23.0 Å². The molecule has 0 saturated carbocycles. The zero-order valence-corrected chi connectivity index (χ0v) is 31.9. The second-order valence-corrected chi connectivity index (χ2v) is 13.8. The smallest absolute Gasteiger partial charge is 0.164 e. The van der Waals surface area contributed by atoms with E-state index < -0.39 is 0 Å². The maximum atomic E-state index is 6.07. The minimum absolute atomic E-state index is 0.500. The highest BCUT2D eigenvalue weighted by atomic mass is 16.5. The number of aromatic amines is 2. The zero-order chi connectivity index (χ0) is 38.2. The van der Waals surface area contributed by atoms with Gasteiger partial charge in [0.1, 0.15) is 45.6 Å². The number of hydrogen-bond acceptors (Lipinski definition) is 10.